The summed E-state index contributed by atoms with van der Waals surface area (Å²) >= 11 is 5.82. The van der Waals surface area contributed by atoms with Crippen molar-refractivity contribution in [2.75, 3.05) is 24.6 Å². The Labute approximate surface area is 107 Å². The lowest BCUT2D eigenvalue weighted by Crippen LogP contribution is -2.37. The Kier molecular flexibility index (Phi) is 5.15. The number of hydrogen-bond donors (Lipinski definition) is 1. The van der Waals surface area contributed by atoms with E-state index in [9.17, 15) is 13.2 Å². The molecule has 4 nitrogen and oxygen atoms in total. The molecule has 18 heavy (non-hydrogen) atoms. The predicted octanol–water partition coefficient (Wildman–Crippen LogP) is 2.05. The van der Waals surface area contributed by atoms with Gasteiger partial charge in [0.05, 0.1) is 6.61 Å². The fourth-order valence-corrected chi connectivity index (χ4v) is 1.82. The minimum absolute atomic E-state index is 0.115. The predicted molar refractivity (Wildman–Crippen MR) is 61.8 cm³/mol. The third-order valence-electron chi connectivity index (χ3n) is 2.26. The zero-order chi connectivity index (χ0) is 13.8. The first-order valence-electron chi connectivity index (χ1n) is 5.31. The van der Waals surface area contributed by atoms with E-state index in [2.05, 4.69) is 9.97 Å². The van der Waals surface area contributed by atoms with E-state index in [1.54, 1.807) is 6.92 Å². The Morgan fingerprint density at radius 3 is 2.56 bits per heavy atom. The van der Waals surface area contributed by atoms with E-state index in [-0.39, 0.29) is 17.5 Å². The molecule has 0 aliphatic rings. The van der Waals surface area contributed by atoms with Gasteiger partial charge < -0.3 is 10.0 Å². The molecule has 8 heteroatoms. The molecule has 1 heterocycles. The van der Waals surface area contributed by atoms with E-state index >= 15 is 0 Å². The zero-order valence-electron chi connectivity index (χ0n) is 9.71. The van der Waals surface area contributed by atoms with Gasteiger partial charge in [-0.2, -0.15) is 13.2 Å². The van der Waals surface area contributed by atoms with Crippen molar-refractivity contribution >= 4 is 17.4 Å². The second kappa shape index (κ2) is 6.19. The van der Waals surface area contributed by atoms with E-state index in [4.69, 9.17) is 16.7 Å². The zero-order valence-corrected chi connectivity index (χ0v) is 10.5. The van der Waals surface area contributed by atoms with Gasteiger partial charge in [-0.1, -0.05) is 18.5 Å². The molecule has 0 radical (unpaired) electrons. The summed E-state index contributed by atoms with van der Waals surface area (Å²) in [6.45, 7) is -0.00655. The van der Waals surface area contributed by atoms with Crippen LogP contribution in [0, 0.1) is 0 Å². The first kappa shape index (κ1) is 15.0. The topological polar surface area (TPSA) is 49.2 Å². The Balaban J connectivity index is 3.09. The number of alkyl halides is 3. The summed E-state index contributed by atoms with van der Waals surface area (Å²) in [5.74, 6) is 0.115. The fraction of sp³-hybridized carbons (Fsp3) is 0.600. The van der Waals surface area contributed by atoms with Crippen molar-refractivity contribution in [1.29, 1.82) is 0 Å². The van der Waals surface area contributed by atoms with Gasteiger partial charge in [0.2, 0.25) is 0 Å². The largest absolute Gasteiger partial charge is 0.405 e. The standard InChI is InChI=1S/C10H13ClF3N3O/c1-2-7-8(11)15-6-16-9(7)17(3-4-18)5-10(12,13)14/h6,18H,2-5H2,1H3. The fourth-order valence-electron chi connectivity index (χ4n) is 1.56. The Morgan fingerprint density at radius 2 is 2.06 bits per heavy atom. The summed E-state index contributed by atoms with van der Waals surface area (Å²) < 4.78 is 37.4. The molecule has 0 amide bonds. The summed E-state index contributed by atoms with van der Waals surface area (Å²) in [6, 6.07) is 0. The SMILES string of the molecule is CCc1c(Cl)ncnc1N(CCO)CC(F)(F)F. The second-order valence-corrected chi connectivity index (χ2v) is 3.94. The quantitative estimate of drug-likeness (QED) is 0.841. The van der Waals surface area contributed by atoms with Gasteiger partial charge in [0.1, 0.15) is 23.8 Å². The van der Waals surface area contributed by atoms with Crippen LogP contribution in [0.2, 0.25) is 5.15 Å². The van der Waals surface area contributed by atoms with Crippen molar-refractivity contribution in [3.8, 4) is 0 Å². The molecule has 0 saturated heterocycles. The molecule has 1 aromatic rings. The molecule has 0 bridgehead atoms. The number of hydrogen-bond acceptors (Lipinski definition) is 4. The molecule has 0 fully saturated rings. The molecule has 0 aliphatic heterocycles. The highest BCUT2D eigenvalue weighted by Gasteiger charge is 2.32. The summed E-state index contributed by atoms with van der Waals surface area (Å²) in [5, 5.41) is 8.97. The molecule has 0 unspecified atom stereocenters. The average molecular weight is 284 g/mol. The Hall–Kier alpha value is -1.08. The van der Waals surface area contributed by atoms with Gasteiger partial charge in [-0.3, -0.25) is 0 Å². The lowest BCUT2D eigenvalue weighted by Gasteiger charge is -2.25. The van der Waals surface area contributed by atoms with Crippen molar-refractivity contribution in [3.63, 3.8) is 0 Å². The number of aliphatic hydroxyl groups is 1. The van der Waals surface area contributed by atoms with Gasteiger partial charge in [-0.05, 0) is 6.42 Å². The number of nitrogens with zero attached hydrogens (tertiary/aromatic N) is 3. The third kappa shape index (κ3) is 3.99. The molecule has 1 rings (SSSR count). The van der Waals surface area contributed by atoms with Crippen LogP contribution in [0.25, 0.3) is 0 Å². The summed E-state index contributed by atoms with van der Waals surface area (Å²) in [5.41, 5.74) is 0.442. The number of anilines is 1. The van der Waals surface area contributed by atoms with E-state index in [0.29, 0.717) is 12.0 Å². The summed E-state index contributed by atoms with van der Waals surface area (Å²) in [4.78, 5) is 8.52. The number of rotatable bonds is 5. The Bertz CT molecular complexity index is 400. The minimum atomic E-state index is -4.38. The van der Waals surface area contributed by atoms with E-state index < -0.39 is 19.3 Å². The van der Waals surface area contributed by atoms with E-state index in [0.717, 1.165) is 11.2 Å². The van der Waals surface area contributed by atoms with E-state index in [1.807, 2.05) is 0 Å². The lowest BCUT2D eigenvalue weighted by molar-refractivity contribution is -0.120. The molecular formula is C10H13ClF3N3O. The van der Waals surface area contributed by atoms with Crippen LogP contribution in [-0.4, -0.2) is 40.9 Å². The highest BCUT2D eigenvalue weighted by molar-refractivity contribution is 6.30. The van der Waals surface area contributed by atoms with Crippen molar-refractivity contribution in [3.05, 3.63) is 17.0 Å². The van der Waals surface area contributed by atoms with Crippen molar-refractivity contribution in [1.82, 2.24) is 9.97 Å². The third-order valence-corrected chi connectivity index (χ3v) is 2.59. The van der Waals surface area contributed by atoms with Gasteiger partial charge in [0, 0.05) is 12.1 Å². The minimum Gasteiger partial charge on any atom is -0.395 e. The molecule has 0 aliphatic carbocycles. The van der Waals surface area contributed by atoms with Crippen LogP contribution in [0.1, 0.15) is 12.5 Å². The maximum Gasteiger partial charge on any atom is 0.405 e. The van der Waals surface area contributed by atoms with Crippen molar-refractivity contribution < 1.29 is 18.3 Å². The smallest absolute Gasteiger partial charge is 0.395 e. The first-order valence-corrected chi connectivity index (χ1v) is 5.68. The number of aromatic nitrogens is 2. The summed E-state index contributed by atoms with van der Waals surface area (Å²) in [6.07, 6.45) is -2.86. The second-order valence-electron chi connectivity index (χ2n) is 3.58. The van der Waals surface area contributed by atoms with Crippen LogP contribution in [0.4, 0.5) is 19.0 Å². The molecule has 1 aromatic heterocycles. The van der Waals surface area contributed by atoms with Gasteiger partial charge in [0.25, 0.3) is 0 Å². The number of halogens is 4. The summed E-state index contributed by atoms with van der Waals surface area (Å²) in [7, 11) is 0. The number of aliphatic hydroxyl groups excluding tert-OH is 1. The molecule has 1 N–H and O–H groups in total. The highest BCUT2D eigenvalue weighted by Crippen LogP contribution is 2.26. The van der Waals surface area contributed by atoms with E-state index in [1.165, 1.54) is 0 Å². The first-order chi connectivity index (χ1) is 8.39. The Morgan fingerprint density at radius 1 is 1.39 bits per heavy atom. The highest BCUT2D eigenvalue weighted by atomic mass is 35.5. The van der Waals surface area contributed by atoms with Gasteiger partial charge in [-0.15, -0.1) is 0 Å². The van der Waals surface area contributed by atoms with Gasteiger partial charge in [0.15, 0.2) is 0 Å². The lowest BCUT2D eigenvalue weighted by atomic mass is 10.2. The molecule has 0 saturated carbocycles. The van der Waals surface area contributed by atoms with Crippen molar-refractivity contribution in [2.45, 2.75) is 19.5 Å². The van der Waals surface area contributed by atoms with Crippen LogP contribution in [-0.2, 0) is 6.42 Å². The molecular weight excluding hydrogens is 271 g/mol. The molecule has 0 atom stereocenters. The van der Waals surface area contributed by atoms with Gasteiger partial charge >= 0.3 is 6.18 Å². The van der Waals surface area contributed by atoms with Gasteiger partial charge in [-0.25, -0.2) is 9.97 Å². The average Bonchev–Trinajstić information content (AvgIpc) is 2.26. The van der Waals surface area contributed by atoms with Crippen LogP contribution >= 0.6 is 11.6 Å². The molecule has 0 spiro atoms. The maximum atomic E-state index is 12.5. The monoisotopic (exact) mass is 283 g/mol. The maximum absolute atomic E-state index is 12.5. The molecule has 102 valence electrons. The van der Waals surface area contributed by atoms with Crippen molar-refractivity contribution in [2.24, 2.45) is 0 Å². The molecule has 0 aromatic carbocycles. The van der Waals surface area contributed by atoms with Crippen LogP contribution in [0.15, 0.2) is 6.33 Å². The van der Waals surface area contributed by atoms with Crippen LogP contribution in [0.3, 0.4) is 0 Å². The van der Waals surface area contributed by atoms with Crippen LogP contribution < -0.4 is 4.90 Å². The normalized spacial score (nSPS) is 11.7. The van der Waals surface area contributed by atoms with Crippen LogP contribution in [0.5, 0.6) is 0 Å².